The van der Waals surface area contributed by atoms with E-state index in [0.29, 0.717) is 5.69 Å². The van der Waals surface area contributed by atoms with Crippen LogP contribution in [0, 0.1) is 0 Å². The molecule has 1 atom stereocenters. The second kappa shape index (κ2) is 5.66. The van der Waals surface area contributed by atoms with Gasteiger partial charge in [-0.1, -0.05) is 0 Å². The third-order valence-corrected chi connectivity index (χ3v) is 5.32. The van der Waals surface area contributed by atoms with Gasteiger partial charge < -0.3 is 9.80 Å². The summed E-state index contributed by atoms with van der Waals surface area (Å²) in [5.74, 6) is 0.0517. The van der Waals surface area contributed by atoms with Crippen LogP contribution in [0.2, 0.25) is 0 Å². The SMILES string of the molecule is CN(C(=O)c1csc2cncn12)C1CCN(c2ccncc2)C1. The Balaban J connectivity index is 1.50. The molecule has 0 radical (unpaired) electrons. The number of pyridine rings is 1. The van der Waals surface area contributed by atoms with Crippen LogP contribution in [0.3, 0.4) is 0 Å². The van der Waals surface area contributed by atoms with Gasteiger partial charge in [-0.05, 0) is 18.6 Å². The lowest BCUT2D eigenvalue weighted by Gasteiger charge is -2.25. The smallest absolute Gasteiger partial charge is 0.271 e. The minimum atomic E-state index is 0.0517. The fourth-order valence-corrected chi connectivity index (χ4v) is 3.90. The van der Waals surface area contributed by atoms with Gasteiger partial charge in [0.2, 0.25) is 0 Å². The molecule has 4 heterocycles. The molecule has 1 aliphatic heterocycles. The fraction of sp³-hybridized carbons (Fsp3) is 0.312. The van der Waals surface area contributed by atoms with Crippen LogP contribution in [0.1, 0.15) is 16.9 Å². The Morgan fingerprint density at radius 1 is 1.35 bits per heavy atom. The Morgan fingerprint density at radius 3 is 3.00 bits per heavy atom. The monoisotopic (exact) mass is 327 g/mol. The second-order valence-electron chi connectivity index (χ2n) is 5.73. The predicted octanol–water partition coefficient (Wildman–Crippen LogP) is 2.14. The molecular formula is C16H17N5OS. The van der Waals surface area contributed by atoms with Crippen LogP contribution < -0.4 is 4.90 Å². The molecule has 7 heteroatoms. The Bertz CT molecular complexity index is 827. The first-order valence-electron chi connectivity index (χ1n) is 7.56. The first kappa shape index (κ1) is 14.2. The lowest BCUT2D eigenvalue weighted by Crippen LogP contribution is -2.39. The summed E-state index contributed by atoms with van der Waals surface area (Å²) in [6, 6.07) is 4.24. The Labute approximate surface area is 138 Å². The number of carbonyl (C=O) groups excluding carboxylic acids is 1. The first-order valence-corrected chi connectivity index (χ1v) is 8.43. The van der Waals surface area contributed by atoms with Gasteiger partial charge in [-0.3, -0.25) is 14.2 Å². The van der Waals surface area contributed by atoms with Crippen molar-refractivity contribution in [3.8, 4) is 0 Å². The minimum Gasteiger partial charge on any atom is -0.369 e. The summed E-state index contributed by atoms with van der Waals surface area (Å²) in [7, 11) is 1.89. The van der Waals surface area contributed by atoms with E-state index >= 15 is 0 Å². The number of hydrogen-bond donors (Lipinski definition) is 0. The zero-order valence-corrected chi connectivity index (χ0v) is 13.6. The third-order valence-electron chi connectivity index (χ3n) is 4.43. The van der Waals surface area contributed by atoms with Crippen molar-refractivity contribution in [3.05, 3.63) is 48.1 Å². The number of amides is 1. The Kier molecular flexibility index (Phi) is 3.49. The van der Waals surface area contributed by atoms with Crippen molar-refractivity contribution in [1.82, 2.24) is 19.3 Å². The van der Waals surface area contributed by atoms with E-state index in [4.69, 9.17) is 0 Å². The number of likely N-dealkylation sites (N-methyl/N-ethyl adjacent to an activating group) is 1. The molecule has 118 valence electrons. The van der Waals surface area contributed by atoms with Crippen molar-refractivity contribution in [3.63, 3.8) is 0 Å². The number of fused-ring (bicyclic) bond motifs is 1. The van der Waals surface area contributed by atoms with Crippen LogP contribution in [0.15, 0.2) is 42.4 Å². The summed E-state index contributed by atoms with van der Waals surface area (Å²) < 4.78 is 1.86. The van der Waals surface area contributed by atoms with Gasteiger partial charge in [0.1, 0.15) is 16.9 Å². The largest absolute Gasteiger partial charge is 0.369 e. The normalized spacial score (nSPS) is 17.8. The van der Waals surface area contributed by atoms with E-state index in [9.17, 15) is 4.79 Å². The van der Waals surface area contributed by atoms with Crippen molar-refractivity contribution in [1.29, 1.82) is 0 Å². The Hall–Kier alpha value is -2.41. The summed E-state index contributed by atoms with van der Waals surface area (Å²) in [5, 5.41) is 1.91. The number of carbonyl (C=O) groups is 1. The van der Waals surface area contributed by atoms with Crippen LogP contribution in [-0.4, -0.2) is 51.4 Å². The number of aromatic nitrogens is 3. The zero-order valence-electron chi connectivity index (χ0n) is 12.8. The predicted molar refractivity (Wildman–Crippen MR) is 90.0 cm³/mol. The molecule has 1 amide bonds. The number of rotatable bonds is 3. The van der Waals surface area contributed by atoms with Gasteiger partial charge in [0.05, 0.1) is 12.2 Å². The van der Waals surface area contributed by atoms with Gasteiger partial charge in [-0.2, -0.15) is 0 Å². The summed E-state index contributed by atoms with van der Waals surface area (Å²) >= 11 is 1.54. The number of hydrogen-bond acceptors (Lipinski definition) is 5. The molecule has 0 aliphatic carbocycles. The van der Waals surface area contributed by atoms with E-state index in [1.807, 2.05) is 33.9 Å². The molecule has 6 nitrogen and oxygen atoms in total. The molecule has 3 aromatic heterocycles. The van der Waals surface area contributed by atoms with E-state index < -0.39 is 0 Å². The fourth-order valence-electron chi connectivity index (χ4n) is 3.07. The molecule has 0 bridgehead atoms. The lowest BCUT2D eigenvalue weighted by atomic mass is 10.2. The summed E-state index contributed by atoms with van der Waals surface area (Å²) in [4.78, 5) is 26.1. The van der Waals surface area contributed by atoms with E-state index in [-0.39, 0.29) is 11.9 Å². The molecule has 0 spiro atoms. The molecular weight excluding hydrogens is 310 g/mol. The lowest BCUT2D eigenvalue weighted by molar-refractivity contribution is 0.0738. The third kappa shape index (κ3) is 2.46. The van der Waals surface area contributed by atoms with Gasteiger partial charge in [0.25, 0.3) is 5.91 Å². The van der Waals surface area contributed by atoms with Gasteiger partial charge in [0, 0.05) is 43.6 Å². The summed E-state index contributed by atoms with van der Waals surface area (Å²) in [5.41, 5.74) is 1.85. The van der Waals surface area contributed by atoms with E-state index in [1.165, 1.54) is 0 Å². The molecule has 0 aromatic carbocycles. The highest BCUT2D eigenvalue weighted by molar-refractivity contribution is 7.15. The van der Waals surface area contributed by atoms with E-state index in [0.717, 1.165) is 30.0 Å². The van der Waals surface area contributed by atoms with Crippen LogP contribution in [-0.2, 0) is 0 Å². The topological polar surface area (TPSA) is 53.7 Å². The molecule has 1 unspecified atom stereocenters. The van der Waals surface area contributed by atoms with E-state index in [2.05, 4.69) is 14.9 Å². The van der Waals surface area contributed by atoms with Crippen molar-refractivity contribution in [2.45, 2.75) is 12.5 Å². The molecule has 0 saturated carbocycles. The molecule has 1 saturated heterocycles. The van der Waals surface area contributed by atoms with Gasteiger partial charge in [0.15, 0.2) is 0 Å². The maximum Gasteiger partial charge on any atom is 0.271 e. The average molecular weight is 327 g/mol. The maximum atomic E-state index is 12.8. The highest BCUT2D eigenvalue weighted by atomic mass is 32.1. The molecule has 4 rings (SSSR count). The molecule has 23 heavy (non-hydrogen) atoms. The second-order valence-corrected chi connectivity index (χ2v) is 6.62. The average Bonchev–Trinajstić information content (AvgIpc) is 3.30. The Morgan fingerprint density at radius 2 is 2.17 bits per heavy atom. The minimum absolute atomic E-state index is 0.0517. The van der Waals surface area contributed by atoms with Crippen LogP contribution in [0.4, 0.5) is 5.69 Å². The van der Waals surface area contributed by atoms with Crippen molar-refractivity contribution in [2.24, 2.45) is 0 Å². The summed E-state index contributed by atoms with van der Waals surface area (Å²) in [6.45, 7) is 1.81. The quantitative estimate of drug-likeness (QED) is 0.739. The molecule has 1 aliphatic rings. The van der Waals surface area contributed by atoms with E-state index in [1.54, 1.807) is 36.3 Å². The highest BCUT2D eigenvalue weighted by Crippen LogP contribution is 2.24. The molecule has 3 aromatic rings. The number of nitrogens with zero attached hydrogens (tertiary/aromatic N) is 5. The summed E-state index contributed by atoms with van der Waals surface area (Å²) in [6.07, 6.45) is 8.06. The highest BCUT2D eigenvalue weighted by Gasteiger charge is 2.30. The van der Waals surface area contributed by atoms with Gasteiger partial charge >= 0.3 is 0 Å². The molecule has 0 N–H and O–H groups in total. The van der Waals surface area contributed by atoms with Gasteiger partial charge in [-0.15, -0.1) is 11.3 Å². The first-order chi connectivity index (χ1) is 11.2. The molecule has 1 fully saturated rings. The van der Waals surface area contributed by atoms with Crippen LogP contribution in [0.25, 0.3) is 4.83 Å². The van der Waals surface area contributed by atoms with Crippen molar-refractivity contribution in [2.75, 3.05) is 25.0 Å². The van der Waals surface area contributed by atoms with Crippen molar-refractivity contribution >= 4 is 27.8 Å². The van der Waals surface area contributed by atoms with Crippen LogP contribution in [0.5, 0.6) is 0 Å². The number of anilines is 1. The number of imidazole rings is 1. The zero-order chi connectivity index (χ0) is 15.8. The van der Waals surface area contributed by atoms with Crippen LogP contribution >= 0.6 is 11.3 Å². The maximum absolute atomic E-state index is 12.8. The van der Waals surface area contributed by atoms with Gasteiger partial charge in [-0.25, -0.2) is 4.98 Å². The standard InChI is InChI=1S/C16H17N5OS/c1-19(16(22)14-10-23-15-8-18-11-21(14)15)13-4-7-20(9-13)12-2-5-17-6-3-12/h2-3,5-6,8,10-11,13H,4,7,9H2,1H3. The van der Waals surface area contributed by atoms with Crippen molar-refractivity contribution < 1.29 is 4.79 Å². The number of thiazole rings is 1.